The van der Waals surface area contributed by atoms with Crippen LogP contribution in [0.15, 0.2) is 18.2 Å². The molecule has 0 radical (unpaired) electrons. The van der Waals surface area contributed by atoms with E-state index in [0.29, 0.717) is 5.69 Å². The van der Waals surface area contributed by atoms with Crippen molar-refractivity contribution in [3.8, 4) is 5.75 Å². The van der Waals surface area contributed by atoms with Crippen molar-refractivity contribution < 1.29 is 9.47 Å². The van der Waals surface area contributed by atoms with Gasteiger partial charge in [0.1, 0.15) is 5.75 Å². The van der Waals surface area contributed by atoms with E-state index in [-0.39, 0.29) is 11.6 Å². The minimum atomic E-state index is -0.0105. The van der Waals surface area contributed by atoms with Crippen LogP contribution in [0.5, 0.6) is 5.75 Å². The maximum Gasteiger partial charge on any atom is 0.144 e. The highest BCUT2D eigenvalue weighted by Crippen LogP contribution is 2.33. The normalized spacial score (nSPS) is 18.7. The Morgan fingerprint density at radius 2 is 2.11 bits per heavy atom. The van der Waals surface area contributed by atoms with Gasteiger partial charge in [-0.3, -0.25) is 0 Å². The van der Waals surface area contributed by atoms with Crippen LogP contribution in [0, 0.1) is 0 Å². The highest BCUT2D eigenvalue weighted by atomic mass is 16.5. The quantitative estimate of drug-likeness (QED) is 0.853. The molecule has 19 heavy (non-hydrogen) atoms. The van der Waals surface area contributed by atoms with Crippen LogP contribution in [0.1, 0.15) is 27.7 Å². The molecular formula is C15H24N2O2. The number of hydrogen-bond acceptors (Lipinski definition) is 4. The Balaban J connectivity index is 2.29. The molecule has 0 unspecified atom stereocenters. The second kappa shape index (κ2) is 5.29. The monoisotopic (exact) mass is 264 g/mol. The average molecular weight is 264 g/mol. The molecule has 1 saturated heterocycles. The van der Waals surface area contributed by atoms with Crippen molar-refractivity contribution in [2.45, 2.75) is 39.3 Å². The molecule has 4 heteroatoms. The fourth-order valence-corrected chi connectivity index (χ4v) is 2.38. The van der Waals surface area contributed by atoms with Crippen molar-refractivity contribution >= 4 is 11.4 Å². The Bertz CT molecular complexity index is 444. The third-order valence-electron chi connectivity index (χ3n) is 3.32. The van der Waals surface area contributed by atoms with Gasteiger partial charge in [-0.05, 0) is 39.8 Å². The molecule has 1 aliphatic heterocycles. The topological polar surface area (TPSA) is 47.7 Å². The number of benzene rings is 1. The lowest BCUT2D eigenvalue weighted by Gasteiger charge is -2.44. The molecule has 0 saturated carbocycles. The molecule has 4 nitrogen and oxygen atoms in total. The predicted octanol–water partition coefficient (Wildman–Crippen LogP) is 2.67. The SMILES string of the molecule is CC(C)Oc1cc(N2CCOCC2(C)C)ccc1N. The third kappa shape index (κ3) is 3.13. The van der Waals surface area contributed by atoms with Crippen LogP contribution >= 0.6 is 0 Å². The zero-order valence-corrected chi connectivity index (χ0v) is 12.3. The highest BCUT2D eigenvalue weighted by Gasteiger charge is 2.31. The largest absolute Gasteiger partial charge is 0.489 e. The van der Waals surface area contributed by atoms with E-state index in [4.69, 9.17) is 15.2 Å². The Labute approximate surface area is 115 Å². The fourth-order valence-electron chi connectivity index (χ4n) is 2.38. The minimum absolute atomic E-state index is 0.0105. The molecule has 1 fully saturated rings. The van der Waals surface area contributed by atoms with Gasteiger partial charge in [0.15, 0.2) is 0 Å². The van der Waals surface area contributed by atoms with Gasteiger partial charge in [-0.25, -0.2) is 0 Å². The second-order valence-corrected chi connectivity index (χ2v) is 5.91. The molecule has 0 atom stereocenters. The number of nitrogen functional groups attached to an aromatic ring is 1. The fraction of sp³-hybridized carbons (Fsp3) is 0.600. The van der Waals surface area contributed by atoms with Gasteiger partial charge in [0.05, 0.1) is 30.5 Å². The van der Waals surface area contributed by atoms with Crippen LogP contribution in [0.2, 0.25) is 0 Å². The van der Waals surface area contributed by atoms with Crippen LogP contribution < -0.4 is 15.4 Å². The summed E-state index contributed by atoms with van der Waals surface area (Å²) in [6.07, 6.45) is 0.121. The van der Waals surface area contributed by atoms with Crippen LogP contribution in [0.3, 0.4) is 0 Å². The first-order valence-corrected chi connectivity index (χ1v) is 6.82. The van der Waals surface area contributed by atoms with Crippen molar-refractivity contribution in [3.63, 3.8) is 0 Å². The maximum absolute atomic E-state index is 5.97. The first-order valence-electron chi connectivity index (χ1n) is 6.82. The van der Waals surface area contributed by atoms with Crippen molar-refractivity contribution in [2.75, 3.05) is 30.4 Å². The minimum Gasteiger partial charge on any atom is -0.489 e. The van der Waals surface area contributed by atoms with E-state index < -0.39 is 0 Å². The van der Waals surface area contributed by atoms with Crippen LogP contribution in [0.25, 0.3) is 0 Å². The zero-order valence-electron chi connectivity index (χ0n) is 12.3. The molecular weight excluding hydrogens is 240 g/mol. The van der Waals surface area contributed by atoms with Crippen LogP contribution in [0.4, 0.5) is 11.4 Å². The van der Waals surface area contributed by atoms with Gasteiger partial charge in [-0.15, -0.1) is 0 Å². The van der Waals surface area contributed by atoms with E-state index in [1.54, 1.807) is 0 Å². The van der Waals surface area contributed by atoms with Crippen LogP contribution in [-0.4, -0.2) is 31.4 Å². The molecule has 2 N–H and O–H groups in total. The summed E-state index contributed by atoms with van der Waals surface area (Å²) in [7, 11) is 0. The zero-order chi connectivity index (χ0) is 14.0. The van der Waals surface area contributed by atoms with Gasteiger partial charge in [-0.2, -0.15) is 0 Å². The first-order chi connectivity index (χ1) is 8.90. The summed E-state index contributed by atoms with van der Waals surface area (Å²) >= 11 is 0. The van der Waals surface area contributed by atoms with Crippen LogP contribution in [-0.2, 0) is 4.74 Å². The van der Waals surface area contributed by atoms with E-state index in [1.165, 1.54) is 0 Å². The number of nitrogens with zero attached hydrogens (tertiary/aromatic N) is 1. The number of hydrogen-bond donors (Lipinski definition) is 1. The summed E-state index contributed by atoms with van der Waals surface area (Å²) in [5.41, 5.74) is 7.78. The molecule has 1 aromatic rings. The van der Waals surface area contributed by atoms with Gasteiger partial charge in [-0.1, -0.05) is 0 Å². The smallest absolute Gasteiger partial charge is 0.144 e. The number of anilines is 2. The summed E-state index contributed by atoms with van der Waals surface area (Å²) in [4.78, 5) is 2.35. The van der Waals surface area contributed by atoms with Gasteiger partial charge in [0.25, 0.3) is 0 Å². The summed E-state index contributed by atoms with van der Waals surface area (Å²) in [6.45, 7) is 10.8. The molecule has 1 heterocycles. The molecule has 1 aromatic carbocycles. The van der Waals surface area contributed by atoms with E-state index >= 15 is 0 Å². The van der Waals surface area contributed by atoms with Crippen molar-refractivity contribution in [2.24, 2.45) is 0 Å². The first kappa shape index (κ1) is 14.0. The van der Waals surface area contributed by atoms with E-state index in [2.05, 4.69) is 24.8 Å². The number of rotatable bonds is 3. The predicted molar refractivity (Wildman–Crippen MR) is 78.9 cm³/mol. The molecule has 0 aliphatic carbocycles. The van der Waals surface area contributed by atoms with Gasteiger partial charge in [0, 0.05) is 18.3 Å². The average Bonchev–Trinajstić information content (AvgIpc) is 2.31. The highest BCUT2D eigenvalue weighted by molar-refractivity contribution is 5.63. The molecule has 2 rings (SSSR count). The van der Waals surface area contributed by atoms with Crippen molar-refractivity contribution in [1.29, 1.82) is 0 Å². The van der Waals surface area contributed by atoms with E-state index in [0.717, 1.165) is 31.2 Å². The molecule has 0 bridgehead atoms. The summed E-state index contributed by atoms with van der Waals surface area (Å²) in [5, 5.41) is 0. The lowest BCUT2D eigenvalue weighted by molar-refractivity contribution is 0.0643. The van der Waals surface area contributed by atoms with Crippen molar-refractivity contribution in [1.82, 2.24) is 0 Å². The summed E-state index contributed by atoms with van der Waals surface area (Å²) < 4.78 is 11.3. The Morgan fingerprint density at radius 1 is 1.37 bits per heavy atom. The lowest BCUT2D eigenvalue weighted by Crippen LogP contribution is -2.53. The second-order valence-electron chi connectivity index (χ2n) is 5.91. The molecule has 0 aromatic heterocycles. The third-order valence-corrected chi connectivity index (χ3v) is 3.32. The molecule has 106 valence electrons. The number of ether oxygens (including phenoxy) is 2. The maximum atomic E-state index is 5.97. The van der Waals surface area contributed by atoms with Gasteiger partial charge < -0.3 is 20.1 Å². The summed E-state index contributed by atoms with van der Waals surface area (Å²) in [6, 6.07) is 6.00. The Hall–Kier alpha value is -1.42. The lowest BCUT2D eigenvalue weighted by atomic mass is 10.0. The Morgan fingerprint density at radius 3 is 2.74 bits per heavy atom. The number of morpholine rings is 1. The van der Waals surface area contributed by atoms with Gasteiger partial charge >= 0.3 is 0 Å². The van der Waals surface area contributed by atoms with Gasteiger partial charge in [0.2, 0.25) is 0 Å². The standard InChI is InChI=1S/C15H24N2O2/c1-11(2)19-14-9-12(5-6-13(14)16)17-7-8-18-10-15(17,3)4/h5-6,9,11H,7-8,10,16H2,1-4H3. The van der Waals surface area contributed by atoms with E-state index in [9.17, 15) is 0 Å². The van der Waals surface area contributed by atoms with E-state index in [1.807, 2.05) is 26.0 Å². The Kier molecular flexibility index (Phi) is 3.90. The molecule has 1 aliphatic rings. The summed E-state index contributed by atoms with van der Waals surface area (Å²) in [5.74, 6) is 0.759. The molecule has 0 amide bonds. The molecule has 0 spiro atoms. The van der Waals surface area contributed by atoms with Crippen molar-refractivity contribution in [3.05, 3.63) is 18.2 Å². The number of nitrogens with two attached hydrogens (primary N) is 1.